The topological polar surface area (TPSA) is 21.3 Å². The molecule has 0 unspecified atom stereocenters. The molecular formula is C13H17ClFNO. The highest BCUT2D eigenvalue weighted by atomic mass is 35.5. The first-order valence-corrected chi connectivity index (χ1v) is 6.35. The first-order valence-electron chi connectivity index (χ1n) is 5.98. The standard InChI is InChI=1S/C13H17ClFNO/c1-2-17-12-6-11(7-12)16-8-9-3-4-10(15)5-13(9)14/h3-5,11-12,16H,2,6-8H2,1H3. The van der Waals surface area contributed by atoms with Gasteiger partial charge in [-0.3, -0.25) is 0 Å². The van der Waals surface area contributed by atoms with E-state index in [1.165, 1.54) is 12.1 Å². The van der Waals surface area contributed by atoms with Crippen LogP contribution in [0.3, 0.4) is 0 Å². The Morgan fingerprint density at radius 1 is 1.47 bits per heavy atom. The van der Waals surface area contributed by atoms with Gasteiger partial charge in [0.15, 0.2) is 0 Å². The fourth-order valence-electron chi connectivity index (χ4n) is 2.02. The summed E-state index contributed by atoms with van der Waals surface area (Å²) in [5, 5.41) is 3.88. The number of halogens is 2. The number of hydrogen-bond acceptors (Lipinski definition) is 2. The van der Waals surface area contributed by atoms with Gasteiger partial charge in [-0.15, -0.1) is 0 Å². The van der Waals surface area contributed by atoms with Gasteiger partial charge in [0.05, 0.1) is 6.10 Å². The molecule has 1 fully saturated rings. The van der Waals surface area contributed by atoms with E-state index in [2.05, 4.69) is 5.32 Å². The Bertz CT molecular complexity index is 380. The Labute approximate surface area is 106 Å². The van der Waals surface area contributed by atoms with Crippen molar-refractivity contribution in [1.82, 2.24) is 5.32 Å². The predicted octanol–water partition coefficient (Wildman–Crippen LogP) is 3.14. The second-order valence-corrected chi connectivity index (χ2v) is 4.77. The maximum atomic E-state index is 12.8. The molecule has 0 amide bonds. The summed E-state index contributed by atoms with van der Waals surface area (Å²) in [6.45, 7) is 3.48. The van der Waals surface area contributed by atoms with Crippen LogP contribution in [0, 0.1) is 5.82 Å². The maximum Gasteiger partial charge on any atom is 0.124 e. The van der Waals surface area contributed by atoms with Crippen LogP contribution in [0.1, 0.15) is 25.3 Å². The van der Waals surface area contributed by atoms with Gasteiger partial charge in [0.25, 0.3) is 0 Å². The molecule has 0 heterocycles. The van der Waals surface area contributed by atoms with Crippen LogP contribution >= 0.6 is 11.6 Å². The van der Waals surface area contributed by atoms with Crippen molar-refractivity contribution in [2.24, 2.45) is 0 Å². The SMILES string of the molecule is CCOC1CC(NCc2ccc(F)cc2Cl)C1. The molecule has 1 saturated carbocycles. The summed E-state index contributed by atoms with van der Waals surface area (Å²) >= 11 is 5.95. The van der Waals surface area contributed by atoms with Crippen molar-refractivity contribution in [1.29, 1.82) is 0 Å². The van der Waals surface area contributed by atoms with E-state index in [0.29, 0.717) is 23.7 Å². The van der Waals surface area contributed by atoms with E-state index in [1.807, 2.05) is 6.92 Å². The van der Waals surface area contributed by atoms with E-state index in [0.717, 1.165) is 25.0 Å². The third-order valence-electron chi connectivity index (χ3n) is 3.09. The summed E-state index contributed by atoms with van der Waals surface area (Å²) in [6.07, 6.45) is 2.50. The van der Waals surface area contributed by atoms with Crippen molar-refractivity contribution in [3.8, 4) is 0 Å². The van der Waals surface area contributed by atoms with Crippen LogP contribution < -0.4 is 5.32 Å². The molecule has 0 bridgehead atoms. The normalized spacial score (nSPS) is 23.5. The van der Waals surface area contributed by atoms with Gasteiger partial charge < -0.3 is 10.1 Å². The molecule has 1 aliphatic rings. The molecule has 0 radical (unpaired) electrons. The molecule has 1 aliphatic carbocycles. The fourth-order valence-corrected chi connectivity index (χ4v) is 2.26. The highest BCUT2D eigenvalue weighted by molar-refractivity contribution is 6.31. The molecule has 1 N–H and O–H groups in total. The van der Waals surface area contributed by atoms with Crippen LogP contribution in [-0.2, 0) is 11.3 Å². The number of rotatable bonds is 5. The van der Waals surface area contributed by atoms with Gasteiger partial charge in [-0.25, -0.2) is 4.39 Å². The van der Waals surface area contributed by atoms with Crippen molar-refractivity contribution in [2.75, 3.05) is 6.61 Å². The summed E-state index contributed by atoms with van der Waals surface area (Å²) in [5.41, 5.74) is 0.938. The highest BCUT2D eigenvalue weighted by Gasteiger charge is 2.28. The Morgan fingerprint density at radius 2 is 2.24 bits per heavy atom. The molecule has 0 aromatic heterocycles. The molecule has 1 aromatic rings. The van der Waals surface area contributed by atoms with Crippen molar-refractivity contribution in [2.45, 2.75) is 38.5 Å². The van der Waals surface area contributed by atoms with E-state index in [9.17, 15) is 4.39 Å². The summed E-state index contributed by atoms with van der Waals surface area (Å²) < 4.78 is 18.3. The van der Waals surface area contributed by atoms with Crippen LogP contribution in [-0.4, -0.2) is 18.8 Å². The van der Waals surface area contributed by atoms with Crippen LogP contribution in [0.2, 0.25) is 5.02 Å². The number of nitrogens with one attached hydrogen (secondary N) is 1. The Morgan fingerprint density at radius 3 is 2.88 bits per heavy atom. The van der Waals surface area contributed by atoms with Gasteiger partial charge in [-0.1, -0.05) is 17.7 Å². The number of ether oxygens (including phenoxy) is 1. The molecular weight excluding hydrogens is 241 g/mol. The molecule has 2 rings (SSSR count). The van der Waals surface area contributed by atoms with Crippen molar-refractivity contribution in [3.63, 3.8) is 0 Å². The van der Waals surface area contributed by atoms with Crippen LogP contribution in [0.15, 0.2) is 18.2 Å². The zero-order chi connectivity index (χ0) is 12.3. The fraction of sp³-hybridized carbons (Fsp3) is 0.538. The maximum absolute atomic E-state index is 12.8. The molecule has 94 valence electrons. The highest BCUT2D eigenvalue weighted by Crippen LogP contribution is 2.24. The Balaban J connectivity index is 1.76. The number of hydrogen-bond donors (Lipinski definition) is 1. The lowest BCUT2D eigenvalue weighted by Crippen LogP contribution is -2.45. The zero-order valence-electron chi connectivity index (χ0n) is 9.88. The van der Waals surface area contributed by atoms with E-state index in [1.54, 1.807) is 6.07 Å². The lowest BCUT2D eigenvalue weighted by atomic mass is 9.89. The van der Waals surface area contributed by atoms with Gasteiger partial charge in [0, 0.05) is 24.2 Å². The van der Waals surface area contributed by atoms with E-state index < -0.39 is 0 Å². The average molecular weight is 258 g/mol. The van der Waals surface area contributed by atoms with Gasteiger partial charge >= 0.3 is 0 Å². The second kappa shape index (κ2) is 5.80. The van der Waals surface area contributed by atoms with Gasteiger partial charge in [0.1, 0.15) is 5.82 Å². The summed E-state index contributed by atoms with van der Waals surface area (Å²) in [6, 6.07) is 5.01. The molecule has 0 aliphatic heterocycles. The predicted molar refractivity (Wildman–Crippen MR) is 66.7 cm³/mol. The molecule has 2 nitrogen and oxygen atoms in total. The molecule has 1 aromatic carbocycles. The smallest absolute Gasteiger partial charge is 0.124 e. The third kappa shape index (κ3) is 3.41. The van der Waals surface area contributed by atoms with Crippen molar-refractivity contribution >= 4 is 11.6 Å². The minimum atomic E-state index is -0.293. The Hall–Kier alpha value is -0.640. The van der Waals surface area contributed by atoms with Crippen LogP contribution in [0.4, 0.5) is 4.39 Å². The summed E-state index contributed by atoms with van der Waals surface area (Å²) in [4.78, 5) is 0. The van der Waals surface area contributed by atoms with E-state index in [4.69, 9.17) is 16.3 Å². The van der Waals surface area contributed by atoms with Crippen LogP contribution in [0.5, 0.6) is 0 Å². The monoisotopic (exact) mass is 257 g/mol. The van der Waals surface area contributed by atoms with E-state index in [-0.39, 0.29) is 5.82 Å². The van der Waals surface area contributed by atoms with Gasteiger partial charge in [0.2, 0.25) is 0 Å². The molecule has 17 heavy (non-hydrogen) atoms. The average Bonchev–Trinajstić information content (AvgIpc) is 2.23. The van der Waals surface area contributed by atoms with Gasteiger partial charge in [-0.05, 0) is 37.5 Å². The minimum absolute atomic E-state index is 0.293. The lowest BCUT2D eigenvalue weighted by molar-refractivity contribution is -0.0102. The summed E-state index contributed by atoms with van der Waals surface area (Å²) in [7, 11) is 0. The van der Waals surface area contributed by atoms with E-state index >= 15 is 0 Å². The van der Waals surface area contributed by atoms with Gasteiger partial charge in [-0.2, -0.15) is 0 Å². The molecule has 4 heteroatoms. The molecule has 0 spiro atoms. The Kier molecular flexibility index (Phi) is 4.37. The lowest BCUT2D eigenvalue weighted by Gasteiger charge is -2.35. The van der Waals surface area contributed by atoms with Crippen molar-refractivity contribution < 1.29 is 9.13 Å². The summed E-state index contributed by atoms with van der Waals surface area (Å²) in [5.74, 6) is -0.293. The number of benzene rings is 1. The first kappa shape index (κ1) is 12.8. The molecule has 0 atom stereocenters. The largest absolute Gasteiger partial charge is 0.378 e. The minimum Gasteiger partial charge on any atom is -0.378 e. The first-order chi connectivity index (χ1) is 8.19. The quantitative estimate of drug-likeness (QED) is 0.875. The van der Waals surface area contributed by atoms with Crippen LogP contribution in [0.25, 0.3) is 0 Å². The third-order valence-corrected chi connectivity index (χ3v) is 3.45. The second-order valence-electron chi connectivity index (χ2n) is 4.36. The zero-order valence-corrected chi connectivity index (χ0v) is 10.6. The molecule has 0 saturated heterocycles. The van der Waals surface area contributed by atoms with Crippen molar-refractivity contribution in [3.05, 3.63) is 34.6 Å².